The second-order valence-corrected chi connectivity index (χ2v) is 4.72. The van der Waals surface area contributed by atoms with E-state index in [0.29, 0.717) is 0 Å². The molecule has 0 aromatic heterocycles. The van der Waals surface area contributed by atoms with Gasteiger partial charge in [-0.3, -0.25) is 0 Å². The number of likely N-dealkylation sites (N-methyl/N-ethyl adjacent to an activating group) is 1. The Morgan fingerprint density at radius 2 is 1.90 bits per heavy atom. The molecule has 20 heavy (non-hydrogen) atoms. The van der Waals surface area contributed by atoms with Crippen LogP contribution in [-0.4, -0.2) is 13.7 Å². The first-order valence-corrected chi connectivity index (χ1v) is 6.84. The zero-order chi connectivity index (χ0) is 14.4. The van der Waals surface area contributed by atoms with Crippen LogP contribution < -0.4 is 10.1 Å². The Labute approximate surface area is 119 Å². The first-order chi connectivity index (χ1) is 9.72. The van der Waals surface area contributed by atoms with Crippen LogP contribution in [0.2, 0.25) is 0 Å². The van der Waals surface area contributed by atoms with Gasteiger partial charge in [0.1, 0.15) is 11.6 Å². The molecule has 2 nitrogen and oxygen atoms in total. The molecule has 0 fully saturated rings. The number of nitrogens with one attached hydrogen (secondary N) is 1. The number of rotatable bonds is 6. The molecule has 0 spiro atoms. The fourth-order valence-electron chi connectivity index (χ4n) is 2.27. The van der Waals surface area contributed by atoms with Gasteiger partial charge in [-0.05, 0) is 48.4 Å². The topological polar surface area (TPSA) is 21.3 Å². The van der Waals surface area contributed by atoms with Crippen LogP contribution in [0.3, 0.4) is 0 Å². The Balaban J connectivity index is 2.16. The summed E-state index contributed by atoms with van der Waals surface area (Å²) in [6, 6.07) is 14.9. The Kier molecular flexibility index (Phi) is 5.13. The third-order valence-corrected chi connectivity index (χ3v) is 3.30. The molecule has 106 valence electrons. The van der Waals surface area contributed by atoms with Gasteiger partial charge in [-0.25, -0.2) is 4.39 Å². The maximum absolute atomic E-state index is 13.4. The highest BCUT2D eigenvalue weighted by Crippen LogP contribution is 2.21. The molecule has 0 heterocycles. The summed E-state index contributed by atoms with van der Waals surface area (Å²) in [5, 5.41) is 3.41. The molecule has 1 unspecified atom stereocenters. The minimum absolute atomic E-state index is 0.115. The van der Waals surface area contributed by atoms with Crippen LogP contribution >= 0.6 is 0 Å². The second kappa shape index (κ2) is 7.06. The maximum Gasteiger partial charge on any atom is 0.123 e. The van der Waals surface area contributed by atoms with Gasteiger partial charge in [-0.1, -0.05) is 31.2 Å². The van der Waals surface area contributed by atoms with Gasteiger partial charge >= 0.3 is 0 Å². The SMILES string of the molecule is CCNC(Cc1ccc(OC)cc1)c1cccc(F)c1. The predicted molar refractivity (Wildman–Crippen MR) is 79.5 cm³/mol. The molecule has 0 amide bonds. The highest BCUT2D eigenvalue weighted by atomic mass is 19.1. The third kappa shape index (κ3) is 3.81. The maximum atomic E-state index is 13.4. The molecular weight excluding hydrogens is 253 g/mol. The van der Waals surface area contributed by atoms with E-state index in [1.54, 1.807) is 19.2 Å². The summed E-state index contributed by atoms with van der Waals surface area (Å²) in [6.45, 7) is 2.90. The van der Waals surface area contributed by atoms with Gasteiger partial charge in [0.05, 0.1) is 7.11 Å². The van der Waals surface area contributed by atoms with E-state index >= 15 is 0 Å². The molecule has 0 radical (unpaired) electrons. The lowest BCUT2D eigenvalue weighted by Crippen LogP contribution is -2.23. The van der Waals surface area contributed by atoms with E-state index < -0.39 is 0 Å². The van der Waals surface area contributed by atoms with Gasteiger partial charge in [0.25, 0.3) is 0 Å². The Morgan fingerprint density at radius 3 is 2.50 bits per heavy atom. The van der Waals surface area contributed by atoms with Crippen molar-refractivity contribution in [3.63, 3.8) is 0 Å². The van der Waals surface area contributed by atoms with Crippen molar-refractivity contribution in [1.82, 2.24) is 5.32 Å². The summed E-state index contributed by atoms with van der Waals surface area (Å²) in [6.07, 6.45) is 0.821. The molecule has 0 aliphatic carbocycles. The van der Waals surface area contributed by atoms with Crippen molar-refractivity contribution in [2.24, 2.45) is 0 Å². The standard InChI is InChI=1S/C17H20FNO/c1-3-19-17(14-5-4-6-15(18)12-14)11-13-7-9-16(20-2)10-8-13/h4-10,12,17,19H,3,11H2,1-2H3. The monoisotopic (exact) mass is 273 g/mol. The molecule has 2 aromatic rings. The average Bonchev–Trinajstić information content (AvgIpc) is 2.47. The lowest BCUT2D eigenvalue weighted by Gasteiger charge is -2.18. The van der Waals surface area contributed by atoms with E-state index in [0.717, 1.165) is 24.3 Å². The van der Waals surface area contributed by atoms with Crippen molar-refractivity contribution in [2.45, 2.75) is 19.4 Å². The Morgan fingerprint density at radius 1 is 1.15 bits per heavy atom. The summed E-state index contributed by atoms with van der Waals surface area (Å²) in [7, 11) is 1.66. The zero-order valence-corrected chi connectivity index (χ0v) is 11.9. The first kappa shape index (κ1) is 14.5. The number of halogens is 1. The third-order valence-electron chi connectivity index (χ3n) is 3.30. The molecule has 1 atom stereocenters. The Bertz CT molecular complexity index is 539. The molecule has 1 N–H and O–H groups in total. The van der Waals surface area contributed by atoms with Gasteiger partial charge in [0.15, 0.2) is 0 Å². The molecule has 0 aliphatic heterocycles. The molecule has 0 saturated carbocycles. The van der Waals surface area contributed by atoms with E-state index in [1.807, 2.05) is 30.3 Å². The molecule has 3 heteroatoms. The van der Waals surface area contributed by atoms with Crippen LogP contribution in [0.1, 0.15) is 24.1 Å². The summed E-state index contributed by atoms with van der Waals surface area (Å²) in [5.74, 6) is 0.652. The van der Waals surface area contributed by atoms with Gasteiger partial charge < -0.3 is 10.1 Å². The summed E-state index contributed by atoms with van der Waals surface area (Å²) < 4.78 is 18.5. The number of ether oxygens (including phenoxy) is 1. The van der Waals surface area contributed by atoms with Crippen molar-refractivity contribution in [3.8, 4) is 5.75 Å². The Hall–Kier alpha value is -1.87. The second-order valence-electron chi connectivity index (χ2n) is 4.72. The number of methoxy groups -OCH3 is 1. The minimum atomic E-state index is -0.194. The first-order valence-electron chi connectivity index (χ1n) is 6.84. The quantitative estimate of drug-likeness (QED) is 0.866. The van der Waals surface area contributed by atoms with Gasteiger partial charge in [-0.15, -0.1) is 0 Å². The van der Waals surface area contributed by atoms with E-state index in [1.165, 1.54) is 11.6 Å². The molecule has 0 aliphatic rings. The van der Waals surface area contributed by atoms with Crippen LogP contribution in [-0.2, 0) is 6.42 Å². The minimum Gasteiger partial charge on any atom is -0.497 e. The highest BCUT2D eigenvalue weighted by molar-refractivity contribution is 5.29. The van der Waals surface area contributed by atoms with Crippen molar-refractivity contribution in [1.29, 1.82) is 0 Å². The van der Waals surface area contributed by atoms with Crippen molar-refractivity contribution in [2.75, 3.05) is 13.7 Å². The molecular formula is C17H20FNO. The average molecular weight is 273 g/mol. The largest absolute Gasteiger partial charge is 0.497 e. The summed E-state index contributed by atoms with van der Waals surface area (Å²) in [4.78, 5) is 0. The number of hydrogen-bond donors (Lipinski definition) is 1. The number of hydrogen-bond acceptors (Lipinski definition) is 2. The molecule has 2 aromatic carbocycles. The van der Waals surface area contributed by atoms with Gasteiger partial charge in [0.2, 0.25) is 0 Å². The van der Waals surface area contributed by atoms with E-state index in [4.69, 9.17) is 4.74 Å². The van der Waals surface area contributed by atoms with E-state index in [-0.39, 0.29) is 11.9 Å². The lowest BCUT2D eigenvalue weighted by molar-refractivity contribution is 0.414. The molecule has 0 saturated heterocycles. The van der Waals surface area contributed by atoms with Crippen molar-refractivity contribution in [3.05, 3.63) is 65.5 Å². The normalized spacial score (nSPS) is 12.2. The lowest BCUT2D eigenvalue weighted by atomic mass is 9.98. The molecule has 2 rings (SSSR count). The van der Waals surface area contributed by atoms with Gasteiger partial charge in [-0.2, -0.15) is 0 Å². The van der Waals surface area contributed by atoms with Crippen LogP contribution in [0.15, 0.2) is 48.5 Å². The van der Waals surface area contributed by atoms with Crippen molar-refractivity contribution >= 4 is 0 Å². The fraction of sp³-hybridized carbons (Fsp3) is 0.294. The van der Waals surface area contributed by atoms with Crippen LogP contribution in [0.4, 0.5) is 4.39 Å². The smallest absolute Gasteiger partial charge is 0.123 e. The van der Waals surface area contributed by atoms with Gasteiger partial charge in [0, 0.05) is 6.04 Å². The van der Waals surface area contributed by atoms with E-state index in [9.17, 15) is 4.39 Å². The van der Waals surface area contributed by atoms with Crippen LogP contribution in [0.25, 0.3) is 0 Å². The van der Waals surface area contributed by atoms with Crippen LogP contribution in [0.5, 0.6) is 5.75 Å². The summed E-state index contributed by atoms with van der Waals surface area (Å²) >= 11 is 0. The van der Waals surface area contributed by atoms with Crippen molar-refractivity contribution < 1.29 is 9.13 Å². The van der Waals surface area contributed by atoms with Crippen LogP contribution in [0, 0.1) is 5.82 Å². The predicted octanol–water partition coefficient (Wildman–Crippen LogP) is 3.73. The highest BCUT2D eigenvalue weighted by Gasteiger charge is 2.11. The number of benzene rings is 2. The summed E-state index contributed by atoms with van der Waals surface area (Å²) in [5.41, 5.74) is 2.17. The fourth-order valence-corrected chi connectivity index (χ4v) is 2.27. The zero-order valence-electron chi connectivity index (χ0n) is 11.9. The van der Waals surface area contributed by atoms with E-state index in [2.05, 4.69) is 12.2 Å². The molecule has 0 bridgehead atoms.